The first kappa shape index (κ1) is 22.9. The first-order valence-corrected chi connectivity index (χ1v) is 10.8. The minimum absolute atomic E-state index is 0.197. The topological polar surface area (TPSA) is 60.9 Å². The third kappa shape index (κ3) is 5.59. The molecule has 0 spiro atoms. The van der Waals surface area contributed by atoms with Crippen molar-refractivity contribution >= 4 is 27.3 Å². The predicted molar refractivity (Wildman–Crippen MR) is 112 cm³/mol. The number of nitrogens with one attached hydrogen (secondary N) is 1. The van der Waals surface area contributed by atoms with Crippen LogP contribution in [0.3, 0.4) is 0 Å². The number of halogens is 3. The number of allylic oxidation sites excluding steroid dienone is 1. The molecule has 152 valence electrons. The van der Waals surface area contributed by atoms with Crippen LogP contribution >= 0.6 is 15.9 Å². The van der Waals surface area contributed by atoms with Crippen LogP contribution in [0.15, 0.2) is 47.9 Å². The second-order valence-corrected chi connectivity index (χ2v) is 10.1. The molecule has 1 heterocycles. The van der Waals surface area contributed by atoms with E-state index in [1.165, 1.54) is 18.5 Å². The van der Waals surface area contributed by atoms with Gasteiger partial charge >= 0.3 is 0 Å². The molecule has 28 heavy (non-hydrogen) atoms. The highest BCUT2D eigenvalue weighted by atomic mass is 79.9. The van der Waals surface area contributed by atoms with Crippen molar-refractivity contribution in [3.8, 4) is 0 Å². The lowest BCUT2D eigenvalue weighted by atomic mass is 9.86. The van der Waals surface area contributed by atoms with Crippen molar-refractivity contribution < 1.29 is 13.3 Å². The van der Waals surface area contributed by atoms with Crippen LogP contribution < -0.4 is 4.72 Å². The lowest BCUT2D eigenvalue weighted by Crippen LogP contribution is -2.43. The third-order valence-corrected chi connectivity index (χ3v) is 6.42. The zero-order valence-electron chi connectivity index (χ0n) is 16.1. The minimum Gasteiger partial charge on any atom is -0.598 e. The van der Waals surface area contributed by atoms with Gasteiger partial charge in [0.15, 0.2) is 11.6 Å². The van der Waals surface area contributed by atoms with Crippen molar-refractivity contribution in [1.82, 2.24) is 14.7 Å². The Kier molecular flexibility index (Phi) is 8.12. The average molecular weight is 472 g/mol. The second-order valence-electron chi connectivity index (χ2n) is 7.32. The van der Waals surface area contributed by atoms with Gasteiger partial charge in [0, 0.05) is 29.7 Å². The van der Waals surface area contributed by atoms with Gasteiger partial charge in [0.05, 0.1) is 5.69 Å². The summed E-state index contributed by atoms with van der Waals surface area (Å²) >= 11 is 1.91. The van der Waals surface area contributed by atoms with Gasteiger partial charge in [0.2, 0.25) is 0 Å². The number of hydrogen-bond acceptors (Lipinski definition) is 4. The molecule has 0 aliphatic carbocycles. The third-order valence-electron chi connectivity index (χ3n) is 4.23. The summed E-state index contributed by atoms with van der Waals surface area (Å²) in [5, 5.41) is 0. The molecule has 8 heteroatoms. The maximum atomic E-state index is 14.7. The molecule has 4 nitrogen and oxygen atoms in total. The fraction of sp³-hybridized carbons (Fsp3) is 0.400. The van der Waals surface area contributed by atoms with E-state index in [0.29, 0.717) is 23.1 Å². The highest BCUT2D eigenvalue weighted by Gasteiger charge is 2.37. The van der Waals surface area contributed by atoms with Gasteiger partial charge in [-0.1, -0.05) is 18.2 Å². The second kappa shape index (κ2) is 9.91. The van der Waals surface area contributed by atoms with Gasteiger partial charge < -0.3 is 4.55 Å². The molecular weight excluding hydrogens is 448 g/mol. The molecule has 0 aliphatic rings. The lowest BCUT2D eigenvalue weighted by molar-refractivity contribution is 0.425. The van der Waals surface area contributed by atoms with E-state index in [4.69, 9.17) is 0 Å². The monoisotopic (exact) mass is 471 g/mol. The Morgan fingerprint density at radius 2 is 1.96 bits per heavy atom. The summed E-state index contributed by atoms with van der Waals surface area (Å²) in [6, 6.07) is 3.44. The van der Waals surface area contributed by atoms with E-state index in [2.05, 4.69) is 37.2 Å². The molecule has 1 aromatic carbocycles. The lowest BCUT2D eigenvalue weighted by Gasteiger charge is -2.32. The molecule has 1 aromatic heterocycles. The molecule has 0 radical (unpaired) electrons. The molecule has 0 amide bonds. The summed E-state index contributed by atoms with van der Waals surface area (Å²) in [5.74, 6) is -2.37. The van der Waals surface area contributed by atoms with Crippen LogP contribution in [0.25, 0.3) is 0 Å². The summed E-state index contributed by atoms with van der Waals surface area (Å²) < 4.78 is 44.5. The van der Waals surface area contributed by atoms with Crippen LogP contribution in [0.2, 0.25) is 0 Å². The molecule has 2 rings (SSSR count). The molecule has 0 bridgehead atoms. The maximum absolute atomic E-state index is 14.7. The molecule has 2 aromatic rings. The number of aromatic nitrogens is 2. The first-order valence-electron chi connectivity index (χ1n) is 8.86. The van der Waals surface area contributed by atoms with Crippen LogP contribution in [0.4, 0.5) is 8.78 Å². The van der Waals surface area contributed by atoms with Crippen LogP contribution in [-0.2, 0) is 11.4 Å². The van der Waals surface area contributed by atoms with Crippen LogP contribution in [0.1, 0.15) is 56.8 Å². The highest BCUT2D eigenvalue weighted by Crippen LogP contribution is 2.39. The summed E-state index contributed by atoms with van der Waals surface area (Å²) in [5.41, 5.74) is 0.681. The van der Waals surface area contributed by atoms with Crippen molar-refractivity contribution in [1.29, 1.82) is 0 Å². The fourth-order valence-electron chi connectivity index (χ4n) is 2.77. The Morgan fingerprint density at radius 1 is 1.29 bits per heavy atom. The molecule has 1 N–H and O–H groups in total. The zero-order chi connectivity index (χ0) is 20.9. The SMILES string of the molecule is C=CCCC(c1cccc(F)c1F)[C@H](N[S+]([O-])C(C)(C)C)c1nccnc1Br. The van der Waals surface area contributed by atoms with Gasteiger partial charge in [0.1, 0.15) is 15.4 Å². The van der Waals surface area contributed by atoms with E-state index in [1.54, 1.807) is 12.1 Å². The van der Waals surface area contributed by atoms with E-state index in [-0.39, 0.29) is 5.56 Å². The molecule has 3 atom stereocenters. The number of hydrogen-bond donors (Lipinski definition) is 1. The average Bonchev–Trinajstić information content (AvgIpc) is 2.63. The zero-order valence-corrected chi connectivity index (χ0v) is 18.5. The number of nitrogens with zero attached hydrogens (tertiary/aromatic N) is 2. The molecule has 0 fully saturated rings. The van der Waals surface area contributed by atoms with Crippen LogP contribution in [0, 0.1) is 11.6 Å². The predicted octanol–water partition coefficient (Wildman–Crippen LogP) is 5.36. The van der Waals surface area contributed by atoms with Gasteiger partial charge in [-0.3, -0.25) is 4.98 Å². The van der Waals surface area contributed by atoms with Crippen molar-refractivity contribution in [3.63, 3.8) is 0 Å². The van der Waals surface area contributed by atoms with Gasteiger partial charge in [-0.15, -0.1) is 11.3 Å². The van der Waals surface area contributed by atoms with E-state index in [0.717, 1.165) is 6.07 Å². The van der Waals surface area contributed by atoms with Crippen LogP contribution in [-0.4, -0.2) is 19.3 Å². The largest absolute Gasteiger partial charge is 0.598 e. The van der Waals surface area contributed by atoms with Crippen molar-refractivity contribution in [2.45, 2.75) is 50.3 Å². The van der Waals surface area contributed by atoms with E-state index in [9.17, 15) is 13.3 Å². The summed E-state index contributed by atoms with van der Waals surface area (Å²) in [6.45, 7) is 9.23. The molecule has 0 aliphatic heterocycles. The Balaban J connectivity index is 2.59. The first-order chi connectivity index (χ1) is 13.2. The van der Waals surface area contributed by atoms with Gasteiger partial charge in [-0.25, -0.2) is 13.8 Å². The maximum Gasteiger partial charge on any atom is 0.162 e. The summed E-state index contributed by atoms with van der Waals surface area (Å²) in [6.07, 6.45) is 5.78. The Bertz CT molecular complexity index is 816. The quantitative estimate of drug-likeness (QED) is 0.415. The van der Waals surface area contributed by atoms with Gasteiger partial charge in [-0.2, -0.15) is 0 Å². The van der Waals surface area contributed by atoms with E-state index >= 15 is 0 Å². The molecule has 0 saturated heterocycles. The van der Waals surface area contributed by atoms with Gasteiger partial charge in [-0.05, 0) is 61.2 Å². The number of rotatable bonds is 8. The number of benzene rings is 1. The highest BCUT2D eigenvalue weighted by molar-refractivity contribution is 9.10. The van der Waals surface area contributed by atoms with Crippen molar-refractivity contribution in [3.05, 3.63) is 70.7 Å². The smallest absolute Gasteiger partial charge is 0.162 e. The van der Waals surface area contributed by atoms with E-state index < -0.39 is 39.7 Å². The molecule has 0 saturated carbocycles. The Labute approximate surface area is 176 Å². The molecular formula is C20H24BrF2N3OS. The summed E-state index contributed by atoms with van der Waals surface area (Å²) in [4.78, 5) is 8.57. The standard InChI is InChI=1S/C20H24BrF2N3OS/c1-5-6-8-14(13-9-7-10-15(22)16(13)23)17(26-28(27)20(2,3)4)18-19(21)25-12-11-24-18/h5,7,9-12,14,17,26H,1,6,8H2,2-4H3/t14?,17-,28?/m0/s1. The molecule has 2 unspecified atom stereocenters. The van der Waals surface area contributed by atoms with Crippen LogP contribution in [0.5, 0.6) is 0 Å². The van der Waals surface area contributed by atoms with Crippen molar-refractivity contribution in [2.75, 3.05) is 0 Å². The Hall–Kier alpha value is -1.35. The minimum atomic E-state index is -1.47. The van der Waals surface area contributed by atoms with Crippen molar-refractivity contribution in [2.24, 2.45) is 0 Å². The summed E-state index contributed by atoms with van der Waals surface area (Å²) in [7, 11) is 0. The van der Waals surface area contributed by atoms with E-state index in [1.807, 2.05) is 20.8 Å². The van der Waals surface area contributed by atoms with Gasteiger partial charge in [0.25, 0.3) is 0 Å². The fourth-order valence-corrected chi connectivity index (χ4v) is 4.09. The Morgan fingerprint density at radius 3 is 2.57 bits per heavy atom. The normalized spacial score (nSPS) is 15.1.